The highest BCUT2D eigenvalue weighted by atomic mass is 16.6. The van der Waals surface area contributed by atoms with E-state index in [9.17, 15) is 20.2 Å². The first-order valence-electron chi connectivity index (χ1n) is 8.85. The van der Waals surface area contributed by atoms with Gasteiger partial charge in [0.05, 0.1) is 11.0 Å². The number of nitriles is 1. The molecule has 144 valence electrons. The Hall–Kier alpha value is -3.44. The Morgan fingerprint density at radius 1 is 1.43 bits per heavy atom. The van der Waals surface area contributed by atoms with E-state index in [1.165, 1.54) is 18.2 Å². The minimum atomic E-state index is -0.498. The van der Waals surface area contributed by atoms with Crippen molar-refractivity contribution in [3.05, 3.63) is 57.3 Å². The second-order valence-corrected chi connectivity index (χ2v) is 6.47. The van der Waals surface area contributed by atoms with E-state index in [1.54, 1.807) is 18.2 Å². The molecule has 1 saturated heterocycles. The van der Waals surface area contributed by atoms with E-state index in [2.05, 4.69) is 5.32 Å². The number of aryl methyl sites for hydroxylation is 1. The molecule has 1 atom stereocenters. The van der Waals surface area contributed by atoms with Crippen molar-refractivity contribution >= 4 is 17.7 Å². The lowest BCUT2D eigenvalue weighted by Crippen LogP contribution is -2.32. The van der Waals surface area contributed by atoms with Crippen molar-refractivity contribution in [1.29, 1.82) is 5.26 Å². The maximum atomic E-state index is 12.2. The van der Waals surface area contributed by atoms with Crippen molar-refractivity contribution in [3.63, 3.8) is 0 Å². The van der Waals surface area contributed by atoms with Gasteiger partial charge in [0.25, 0.3) is 11.6 Å². The first-order valence-corrected chi connectivity index (χ1v) is 8.85. The molecule has 1 N–H and O–H groups in total. The van der Waals surface area contributed by atoms with Gasteiger partial charge in [-0.1, -0.05) is 6.07 Å². The third-order valence-corrected chi connectivity index (χ3v) is 4.49. The number of carbonyl (C=O) groups excluding carboxylic acids is 1. The van der Waals surface area contributed by atoms with Gasteiger partial charge in [-0.15, -0.1) is 0 Å². The molecule has 1 aliphatic rings. The number of hydrogen-bond donors (Lipinski definition) is 1. The Morgan fingerprint density at radius 2 is 2.25 bits per heavy atom. The molecule has 0 bridgehead atoms. The molecule has 0 radical (unpaired) electrons. The van der Waals surface area contributed by atoms with Crippen LogP contribution >= 0.6 is 0 Å². The highest BCUT2D eigenvalue weighted by Crippen LogP contribution is 2.29. The number of furan rings is 1. The number of nitrogens with one attached hydrogen (secondary N) is 1. The molecule has 28 heavy (non-hydrogen) atoms. The van der Waals surface area contributed by atoms with Crippen molar-refractivity contribution in [2.45, 2.75) is 25.9 Å². The number of carbonyl (C=O) groups is 1. The number of nitro benzene ring substituents is 1. The summed E-state index contributed by atoms with van der Waals surface area (Å²) < 4.78 is 11.1. The van der Waals surface area contributed by atoms with E-state index in [-0.39, 0.29) is 17.4 Å². The zero-order valence-electron chi connectivity index (χ0n) is 15.3. The minimum absolute atomic E-state index is 0.0176. The summed E-state index contributed by atoms with van der Waals surface area (Å²) in [5.41, 5.74) is 1.26. The van der Waals surface area contributed by atoms with Gasteiger partial charge < -0.3 is 14.5 Å². The van der Waals surface area contributed by atoms with E-state index in [4.69, 9.17) is 9.15 Å². The third kappa shape index (κ3) is 4.45. The van der Waals surface area contributed by atoms with Crippen LogP contribution in [0.25, 0.3) is 17.4 Å². The van der Waals surface area contributed by atoms with E-state index in [0.29, 0.717) is 30.2 Å². The van der Waals surface area contributed by atoms with Crippen LogP contribution in [-0.2, 0) is 9.53 Å². The fourth-order valence-corrected chi connectivity index (χ4v) is 2.96. The van der Waals surface area contributed by atoms with Gasteiger partial charge in [-0.05, 0) is 37.5 Å². The SMILES string of the molecule is Cc1ccc([N+](=O)[O-])cc1-c1ccc(C=C(C#N)C(=O)NCC2CCCO2)o1. The van der Waals surface area contributed by atoms with Crippen LogP contribution in [0.4, 0.5) is 5.69 Å². The minimum Gasteiger partial charge on any atom is -0.457 e. The fourth-order valence-electron chi connectivity index (χ4n) is 2.96. The van der Waals surface area contributed by atoms with Crippen LogP contribution < -0.4 is 5.32 Å². The van der Waals surface area contributed by atoms with E-state index >= 15 is 0 Å². The van der Waals surface area contributed by atoms with Crippen LogP contribution in [0.3, 0.4) is 0 Å². The van der Waals surface area contributed by atoms with Crippen molar-refractivity contribution in [2.75, 3.05) is 13.2 Å². The predicted octanol–water partition coefficient (Wildman–Crippen LogP) is 3.37. The van der Waals surface area contributed by atoms with E-state index in [1.807, 2.05) is 13.0 Å². The quantitative estimate of drug-likeness (QED) is 0.355. The molecule has 1 aromatic carbocycles. The molecule has 0 aliphatic carbocycles. The van der Waals surface area contributed by atoms with Crippen LogP contribution in [-0.4, -0.2) is 30.1 Å². The van der Waals surface area contributed by atoms with Gasteiger partial charge in [-0.25, -0.2) is 0 Å². The maximum Gasteiger partial charge on any atom is 0.270 e. The van der Waals surface area contributed by atoms with E-state index in [0.717, 1.165) is 18.4 Å². The number of amides is 1. The Balaban J connectivity index is 1.76. The van der Waals surface area contributed by atoms with Gasteiger partial charge in [0, 0.05) is 36.9 Å². The maximum absolute atomic E-state index is 12.2. The Labute approximate surface area is 161 Å². The molecule has 1 amide bonds. The van der Waals surface area contributed by atoms with Crippen LogP contribution in [0.2, 0.25) is 0 Å². The molecule has 1 aromatic heterocycles. The number of benzene rings is 1. The van der Waals surface area contributed by atoms with Gasteiger partial charge in [0.2, 0.25) is 0 Å². The summed E-state index contributed by atoms with van der Waals surface area (Å²) in [6, 6.07) is 9.63. The van der Waals surface area contributed by atoms with Gasteiger partial charge in [0.15, 0.2) is 0 Å². The molecule has 2 heterocycles. The highest BCUT2D eigenvalue weighted by Gasteiger charge is 2.18. The molecule has 8 nitrogen and oxygen atoms in total. The fraction of sp³-hybridized carbons (Fsp3) is 0.300. The number of non-ortho nitro benzene ring substituents is 1. The molecule has 1 fully saturated rings. The molecular weight excluding hydrogens is 362 g/mol. The third-order valence-electron chi connectivity index (χ3n) is 4.49. The normalized spacial score (nSPS) is 16.6. The Bertz CT molecular complexity index is 964. The lowest BCUT2D eigenvalue weighted by atomic mass is 10.1. The molecule has 3 rings (SSSR count). The second-order valence-electron chi connectivity index (χ2n) is 6.47. The largest absolute Gasteiger partial charge is 0.457 e. The Morgan fingerprint density at radius 3 is 2.93 bits per heavy atom. The lowest BCUT2D eigenvalue weighted by Gasteiger charge is -2.09. The topological polar surface area (TPSA) is 118 Å². The molecule has 1 unspecified atom stereocenters. The summed E-state index contributed by atoms with van der Waals surface area (Å²) in [5.74, 6) is 0.233. The average molecular weight is 381 g/mol. The number of rotatable bonds is 6. The molecular formula is C20H19N3O5. The van der Waals surface area contributed by atoms with Crippen LogP contribution in [0.5, 0.6) is 0 Å². The van der Waals surface area contributed by atoms with Crippen LogP contribution in [0.1, 0.15) is 24.2 Å². The number of nitrogens with zero attached hydrogens (tertiary/aromatic N) is 2. The Kier molecular flexibility index (Phi) is 5.87. The average Bonchev–Trinajstić information content (AvgIpc) is 3.36. The molecule has 2 aromatic rings. The van der Waals surface area contributed by atoms with Crippen molar-refractivity contribution in [3.8, 4) is 17.4 Å². The number of hydrogen-bond acceptors (Lipinski definition) is 6. The standard InChI is InChI=1S/C20H19N3O5/c1-13-4-5-15(23(25)26)10-18(13)19-7-6-16(28-19)9-14(11-21)20(24)22-12-17-3-2-8-27-17/h4-7,9-10,17H,2-3,8,12H2,1H3,(H,22,24). The zero-order valence-corrected chi connectivity index (χ0v) is 15.3. The number of ether oxygens (including phenoxy) is 1. The number of nitro groups is 1. The monoisotopic (exact) mass is 381 g/mol. The highest BCUT2D eigenvalue weighted by molar-refractivity contribution is 6.01. The molecule has 0 spiro atoms. The van der Waals surface area contributed by atoms with Crippen LogP contribution in [0.15, 0.2) is 40.3 Å². The van der Waals surface area contributed by atoms with Crippen molar-refractivity contribution in [1.82, 2.24) is 5.32 Å². The molecule has 1 aliphatic heterocycles. The molecule has 8 heteroatoms. The smallest absolute Gasteiger partial charge is 0.270 e. The van der Waals surface area contributed by atoms with Gasteiger partial charge >= 0.3 is 0 Å². The summed E-state index contributed by atoms with van der Waals surface area (Å²) in [6.07, 6.45) is 3.18. The lowest BCUT2D eigenvalue weighted by molar-refractivity contribution is -0.384. The summed E-state index contributed by atoms with van der Waals surface area (Å²) >= 11 is 0. The van der Waals surface area contributed by atoms with Gasteiger partial charge in [-0.2, -0.15) is 5.26 Å². The zero-order chi connectivity index (χ0) is 20.1. The predicted molar refractivity (Wildman–Crippen MR) is 101 cm³/mol. The summed E-state index contributed by atoms with van der Waals surface area (Å²) in [6.45, 7) is 2.86. The van der Waals surface area contributed by atoms with Gasteiger partial charge in [-0.3, -0.25) is 14.9 Å². The van der Waals surface area contributed by atoms with E-state index < -0.39 is 10.8 Å². The summed E-state index contributed by atoms with van der Waals surface area (Å²) in [7, 11) is 0. The summed E-state index contributed by atoms with van der Waals surface area (Å²) in [4.78, 5) is 22.7. The second kappa shape index (κ2) is 8.50. The first kappa shape index (κ1) is 19.3. The summed E-state index contributed by atoms with van der Waals surface area (Å²) in [5, 5.41) is 23.0. The van der Waals surface area contributed by atoms with Crippen molar-refractivity contribution in [2.24, 2.45) is 0 Å². The first-order chi connectivity index (χ1) is 13.5. The molecule has 0 saturated carbocycles. The van der Waals surface area contributed by atoms with Gasteiger partial charge in [0.1, 0.15) is 23.2 Å². The van der Waals surface area contributed by atoms with Crippen LogP contribution in [0, 0.1) is 28.4 Å². The van der Waals surface area contributed by atoms with Crippen molar-refractivity contribution < 1.29 is 18.9 Å².